The van der Waals surface area contributed by atoms with Crippen LogP contribution in [0.25, 0.3) is 0 Å². The van der Waals surface area contributed by atoms with Gasteiger partial charge in [0.1, 0.15) is 6.29 Å². The molecule has 1 aliphatic rings. The van der Waals surface area contributed by atoms with Crippen molar-refractivity contribution in [3.05, 3.63) is 0 Å². The van der Waals surface area contributed by atoms with E-state index in [-0.39, 0.29) is 25.6 Å². The van der Waals surface area contributed by atoms with Gasteiger partial charge in [0.15, 0.2) is 0 Å². The van der Waals surface area contributed by atoms with Crippen molar-refractivity contribution in [1.82, 2.24) is 29.4 Å². The van der Waals surface area contributed by atoms with Crippen LogP contribution in [0.1, 0.15) is 13.8 Å². The fourth-order valence-corrected chi connectivity index (χ4v) is 5.15. The molecule has 17 nitrogen and oxygen atoms in total. The fraction of sp³-hybridized carbons (Fsp3) is 0.778. The van der Waals surface area contributed by atoms with Crippen molar-refractivity contribution in [1.29, 1.82) is 0 Å². The van der Waals surface area contributed by atoms with Crippen LogP contribution in [-0.4, -0.2) is 208 Å². The van der Waals surface area contributed by atoms with Crippen LogP contribution < -0.4 is 0 Å². The number of hydrogen-bond donors (Lipinski definition) is 5. The Balaban J connectivity index is 3.17. The quantitative estimate of drug-likeness (QED) is 0.0925. The first-order valence-corrected chi connectivity index (χ1v) is 14.6. The molecule has 1 rings (SSSR count). The highest BCUT2D eigenvalue weighted by Crippen LogP contribution is 2.14. The van der Waals surface area contributed by atoms with E-state index >= 15 is 0 Å². The molecule has 0 aromatic heterocycles. The number of carboxylic acid groups (broad SMARTS) is 5. The molecule has 0 bridgehead atoms. The Kier molecular flexibility index (Phi) is 18.2. The number of rotatable bonds is 19. The third kappa shape index (κ3) is 17.2. The van der Waals surface area contributed by atoms with E-state index in [2.05, 4.69) is 0 Å². The lowest BCUT2D eigenvalue weighted by molar-refractivity contribution is -0.144. The van der Waals surface area contributed by atoms with E-state index in [0.29, 0.717) is 65.4 Å². The average molecular weight is 633 g/mol. The molecule has 5 N–H and O–H groups in total. The summed E-state index contributed by atoms with van der Waals surface area (Å²) in [6.07, 6.45) is 0.787. The maximum absolute atomic E-state index is 11.7. The predicted octanol–water partition coefficient (Wildman–Crippen LogP) is -2.54. The summed E-state index contributed by atoms with van der Waals surface area (Å²) in [6.45, 7) is 6.10. The highest BCUT2D eigenvalue weighted by Gasteiger charge is 2.29. The maximum Gasteiger partial charge on any atom is 0.317 e. The third-order valence-electron chi connectivity index (χ3n) is 7.43. The predicted molar refractivity (Wildman–Crippen MR) is 157 cm³/mol. The summed E-state index contributed by atoms with van der Waals surface area (Å²) in [7, 11) is 0. The number of nitrogens with zero attached hydrogens (tertiary/aromatic N) is 6. The van der Waals surface area contributed by atoms with E-state index in [9.17, 15) is 44.1 Å². The summed E-state index contributed by atoms with van der Waals surface area (Å²) in [5, 5.41) is 46.7. The van der Waals surface area contributed by atoms with Crippen molar-refractivity contribution in [2.24, 2.45) is 5.92 Å². The van der Waals surface area contributed by atoms with Crippen LogP contribution in [0.15, 0.2) is 0 Å². The zero-order chi connectivity index (χ0) is 33.2. The van der Waals surface area contributed by atoms with Gasteiger partial charge >= 0.3 is 29.8 Å². The van der Waals surface area contributed by atoms with Crippen molar-refractivity contribution in [3.63, 3.8) is 0 Å². The van der Waals surface area contributed by atoms with E-state index in [1.807, 2.05) is 28.5 Å². The standard InChI is InChI=1S/C27H48N6O11/c1-21(2)22(33(19-26(41)42)20-27(43)44)15-30-8-6-29(13-14-34)4-3-28(5-9-31(11-10-30)16-23(35)36)7-12-32(17-24(37)38)18-25(39)40/h14,21-22H,3-13,15-20H2,1-2H3,(H,35,36)(H,37,38)(H,39,40)(H,41,42)(H,43,44). The van der Waals surface area contributed by atoms with E-state index < -0.39 is 62.1 Å². The summed E-state index contributed by atoms with van der Waals surface area (Å²) in [4.78, 5) is 79.1. The maximum atomic E-state index is 11.7. The molecular formula is C27H48N6O11. The Labute approximate surface area is 257 Å². The summed E-state index contributed by atoms with van der Waals surface area (Å²) in [5.74, 6) is -5.70. The van der Waals surface area contributed by atoms with Crippen LogP contribution >= 0.6 is 0 Å². The first kappa shape index (κ1) is 38.8. The molecule has 0 aromatic rings. The number of aliphatic carboxylic acids is 5. The van der Waals surface area contributed by atoms with Crippen LogP contribution in [0.5, 0.6) is 0 Å². The molecule has 0 saturated carbocycles. The molecule has 44 heavy (non-hydrogen) atoms. The number of carbonyl (C=O) groups excluding carboxylic acids is 1. The molecule has 0 aromatic carbocycles. The highest BCUT2D eigenvalue weighted by molar-refractivity contribution is 5.73. The Hall–Kier alpha value is -3.22. The minimum atomic E-state index is -1.15. The molecule has 0 radical (unpaired) electrons. The third-order valence-corrected chi connectivity index (χ3v) is 7.43. The lowest BCUT2D eigenvalue weighted by Crippen LogP contribution is -2.53. The van der Waals surface area contributed by atoms with E-state index in [1.54, 1.807) is 4.90 Å². The topological polar surface area (TPSA) is 223 Å². The SMILES string of the molecule is CC(C)C(CN1CCN(CC=O)CCN(CCN(CC(=O)O)CC(=O)O)CCN(CC(=O)O)CC1)N(CC(=O)O)CC(=O)O. The Morgan fingerprint density at radius 2 is 1.07 bits per heavy atom. The molecule has 252 valence electrons. The second-order valence-electron chi connectivity index (χ2n) is 11.3. The largest absolute Gasteiger partial charge is 0.480 e. The summed E-state index contributed by atoms with van der Waals surface area (Å²) >= 11 is 0. The van der Waals surface area contributed by atoms with Crippen molar-refractivity contribution >= 4 is 36.1 Å². The van der Waals surface area contributed by atoms with Gasteiger partial charge in [0.25, 0.3) is 0 Å². The van der Waals surface area contributed by atoms with Gasteiger partial charge in [0, 0.05) is 78.0 Å². The normalized spacial score (nSPS) is 17.7. The van der Waals surface area contributed by atoms with Gasteiger partial charge in [0.2, 0.25) is 0 Å². The Morgan fingerprint density at radius 3 is 1.48 bits per heavy atom. The molecule has 1 heterocycles. The van der Waals surface area contributed by atoms with Gasteiger partial charge in [-0.2, -0.15) is 0 Å². The van der Waals surface area contributed by atoms with E-state index in [1.165, 1.54) is 9.80 Å². The summed E-state index contributed by atoms with van der Waals surface area (Å²) in [5.41, 5.74) is 0. The van der Waals surface area contributed by atoms with Gasteiger partial charge in [-0.15, -0.1) is 0 Å². The summed E-state index contributed by atoms with van der Waals surface area (Å²) < 4.78 is 0. The minimum absolute atomic E-state index is 0.0911. The smallest absolute Gasteiger partial charge is 0.317 e. The van der Waals surface area contributed by atoms with Crippen LogP contribution in [-0.2, 0) is 28.8 Å². The molecule has 17 heteroatoms. The summed E-state index contributed by atoms with van der Waals surface area (Å²) in [6, 6.07) is -0.419. The zero-order valence-corrected chi connectivity index (χ0v) is 25.6. The number of carbonyl (C=O) groups is 6. The second kappa shape index (κ2) is 20.7. The minimum Gasteiger partial charge on any atom is -0.480 e. The van der Waals surface area contributed by atoms with Gasteiger partial charge in [-0.1, -0.05) is 13.8 Å². The molecular weight excluding hydrogens is 584 g/mol. The lowest BCUT2D eigenvalue weighted by Gasteiger charge is -2.38. The van der Waals surface area contributed by atoms with Gasteiger partial charge in [-0.05, 0) is 5.92 Å². The monoisotopic (exact) mass is 632 g/mol. The van der Waals surface area contributed by atoms with Gasteiger partial charge < -0.3 is 30.3 Å². The average Bonchev–Trinajstić information content (AvgIpc) is 2.88. The van der Waals surface area contributed by atoms with E-state index in [4.69, 9.17) is 10.2 Å². The highest BCUT2D eigenvalue weighted by atomic mass is 16.4. The zero-order valence-electron chi connectivity index (χ0n) is 25.6. The first-order valence-electron chi connectivity index (χ1n) is 14.6. The van der Waals surface area contributed by atoms with Crippen molar-refractivity contribution in [3.8, 4) is 0 Å². The van der Waals surface area contributed by atoms with Crippen LogP contribution in [0.2, 0.25) is 0 Å². The lowest BCUT2D eigenvalue weighted by atomic mass is 10.0. The van der Waals surface area contributed by atoms with Gasteiger partial charge in [-0.25, -0.2) is 0 Å². The molecule has 1 fully saturated rings. The first-order chi connectivity index (χ1) is 20.7. The number of carboxylic acids is 5. The van der Waals surface area contributed by atoms with E-state index in [0.717, 1.165) is 6.29 Å². The van der Waals surface area contributed by atoms with Crippen LogP contribution in [0.4, 0.5) is 0 Å². The van der Waals surface area contributed by atoms with Gasteiger partial charge in [0.05, 0.1) is 39.3 Å². The molecule has 1 unspecified atom stereocenters. The number of hydrogen-bond acceptors (Lipinski definition) is 12. The number of aldehydes is 1. The molecule has 1 saturated heterocycles. The van der Waals surface area contributed by atoms with Crippen molar-refractivity contribution in [2.45, 2.75) is 19.9 Å². The molecule has 0 amide bonds. The van der Waals surface area contributed by atoms with Crippen molar-refractivity contribution < 1.29 is 54.3 Å². The van der Waals surface area contributed by atoms with Gasteiger partial charge in [-0.3, -0.25) is 53.4 Å². The van der Waals surface area contributed by atoms with Crippen LogP contribution in [0.3, 0.4) is 0 Å². The molecule has 1 aliphatic heterocycles. The Bertz CT molecular complexity index is 921. The second-order valence-corrected chi connectivity index (χ2v) is 11.3. The molecule has 1 atom stereocenters. The van der Waals surface area contributed by atoms with Crippen LogP contribution in [0, 0.1) is 5.92 Å². The molecule has 0 aliphatic carbocycles. The van der Waals surface area contributed by atoms with Crippen molar-refractivity contribution in [2.75, 3.05) is 111 Å². The molecule has 0 spiro atoms. The fourth-order valence-electron chi connectivity index (χ4n) is 5.15. The Morgan fingerprint density at radius 1 is 0.636 bits per heavy atom.